The van der Waals surface area contributed by atoms with Crippen LogP contribution in [0.4, 0.5) is 13.6 Å². The lowest BCUT2D eigenvalue weighted by atomic mass is 9.64. The smallest absolute Gasteiger partial charge is 0.405 e. The molecule has 0 bridgehead atoms. The van der Waals surface area contributed by atoms with Crippen molar-refractivity contribution in [2.75, 3.05) is 0 Å². The second-order valence-corrected chi connectivity index (χ2v) is 5.65. The number of primary amides is 1. The van der Waals surface area contributed by atoms with Gasteiger partial charge in [0.1, 0.15) is 11.6 Å². The number of halogens is 2. The third-order valence-corrected chi connectivity index (χ3v) is 3.57. The van der Waals surface area contributed by atoms with E-state index in [4.69, 9.17) is 16.2 Å². The van der Waals surface area contributed by atoms with E-state index in [1.54, 1.807) is 20.8 Å². The lowest BCUT2D eigenvalue weighted by Gasteiger charge is -2.51. The van der Waals surface area contributed by atoms with Crippen LogP contribution < -0.4 is 11.5 Å². The van der Waals surface area contributed by atoms with E-state index in [2.05, 4.69) is 0 Å². The molecular formula is C11H20F2N2O2. The van der Waals surface area contributed by atoms with Crippen LogP contribution in [0.3, 0.4) is 0 Å². The van der Waals surface area contributed by atoms with Crippen molar-refractivity contribution in [1.82, 2.24) is 0 Å². The molecule has 4 N–H and O–H groups in total. The van der Waals surface area contributed by atoms with Crippen LogP contribution in [0.25, 0.3) is 0 Å². The highest BCUT2D eigenvalue weighted by molar-refractivity contribution is 5.65. The first-order valence-electron chi connectivity index (χ1n) is 5.65. The normalized spacial score (nSPS) is 33.2. The number of carbonyl (C=O) groups is 1. The number of rotatable bonds is 1. The molecule has 0 spiro atoms. The Kier molecular flexibility index (Phi) is 3.40. The van der Waals surface area contributed by atoms with Crippen molar-refractivity contribution in [2.45, 2.75) is 57.6 Å². The Morgan fingerprint density at radius 2 is 1.88 bits per heavy atom. The number of ether oxygens (including phenoxy) is 1. The minimum absolute atomic E-state index is 0.255. The van der Waals surface area contributed by atoms with Crippen molar-refractivity contribution in [3.63, 3.8) is 0 Å². The van der Waals surface area contributed by atoms with E-state index in [1.165, 1.54) is 0 Å². The molecule has 0 radical (unpaired) electrons. The minimum Gasteiger partial charge on any atom is -0.441 e. The van der Waals surface area contributed by atoms with E-state index in [9.17, 15) is 13.6 Å². The number of amides is 1. The quantitative estimate of drug-likeness (QED) is 0.747. The van der Waals surface area contributed by atoms with Crippen LogP contribution in [0.1, 0.15) is 40.0 Å². The topological polar surface area (TPSA) is 78.3 Å². The summed E-state index contributed by atoms with van der Waals surface area (Å²) in [5.41, 5.74) is 8.52. The molecule has 1 aliphatic rings. The average Bonchev–Trinajstić information content (AvgIpc) is 2.10. The second kappa shape index (κ2) is 4.08. The molecule has 1 fully saturated rings. The van der Waals surface area contributed by atoms with Crippen LogP contribution in [0.5, 0.6) is 0 Å². The fraction of sp³-hybridized carbons (Fsp3) is 0.909. The van der Waals surface area contributed by atoms with Gasteiger partial charge in [0.05, 0.1) is 0 Å². The average molecular weight is 250 g/mol. The molecule has 2 atom stereocenters. The standard InChI is InChI=1S/C11H20F2N2O2/c1-9(2,3)10(17-8(15)16)5-4-6-11(12,13)7(10)14/h7H,4-6,14H2,1-3H3,(H2,15,16)/t7-,10+/m1/s1. The lowest BCUT2D eigenvalue weighted by Crippen LogP contribution is -2.68. The number of alkyl halides is 2. The molecule has 1 rings (SSSR count). The monoisotopic (exact) mass is 250 g/mol. The molecule has 4 nitrogen and oxygen atoms in total. The van der Waals surface area contributed by atoms with Crippen molar-refractivity contribution in [1.29, 1.82) is 0 Å². The molecule has 100 valence electrons. The fourth-order valence-electron chi connectivity index (χ4n) is 2.53. The van der Waals surface area contributed by atoms with Crippen LogP contribution in [0.15, 0.2) is 0 Å². The Morgan fingerprint density at radius 1 is 1.35 bits per heavy atom. The van der Waals surface area contributed by atoms with E-state index in [1.807, 2.05) is 0 Å². The highest BCUT2D eigenvalue weighted by Crippen LogP contribution is 2.49. The van der Waals surface area contributed by atoms with Crippen LogP contribution in [-0.2, 0) is 4.74 Å². The van der Waals surface area contributed by atoms with E-state index < -0.39 is 29.1 Å². The maximum atomic E-state index is 13.7. The summed E-state index contributed by atoms with van der Waals surface area (Å²) in [6, 6.07) is -1.53. The molecule has 1 amide bonds. The van der Waals surface area contributed by atoms with Gasteiger partial charge in [-0.15, -0.1) is 0 Å². The Balaban J connectivity index is 3.18. The summed E-state index contributed by atoms with van der Waals surface area (Å²) in [5.74, 6) is -3.04. The van der Waals surface area contributed by atoms with Crippen molar-refractivity contribution >= 4 is 6.09 Å². The first kappa shape index (κ1) is 14.2. The molecule has 1 aliphatic carbocycles. The molecule has 0 aromatic heterocycles. The Hall–Kier alpha value is -0.910. The molecule has 0 saturated heterocycles. The maximum Gasteiger partial charge on any atom is 0.405 e. The Bertz CT molecular complexity index is 315. The number of nitrogens with two attached hydrogens (primary N) is 2. The Labute approximate surface area is 99.7 Å². The highest BCUT2D eigenvalue weighted by atomic mass is 19.3. The summed E-state index contributed by atoms with van der Waals surface area (Å²) in [4.78, 5) is 11.0. The highest BCUT2D eigenvalue weighted by Gasteiger charge is 2.61. The van der Waals surface area contributed by atoms with E-state index in [0.717, 1.165) is 0 Å². The molecule has 6 heteroatoms. The molecule has 0 aromatic rings. The van der Waals surface area contributed by atoms with Gasteiger partial charge in [0.2, 0.25) is 0 Å². The van der Waals surface area contributed by atoms with Crippen molar-refractivity contribution in [3.8, 4) is 0 Å². The summed E-state index contributed by atoms with van der Waals surface area (Å²) < 4.78 is 32.5. The Morgan fingerprint density at radius 3 is 2.29 bits per heavy atom. The number of hydrogen-bond donors (Lipinski definition) is 2. The van der Waals surface area contributed by atoms with E-state index in [-0.39, 0.29) is 12.8 Å². The fourth-order valence-corrected chi connectivity index (χ4v) is 2.53. The molecule has 0 heterocycles. The first-order valence-corrected chi connectivity index (χ1v) is 5.65. The van der Waals surface area contributed by atoms with Crippen LogP contribution in [0, 0.1) is 5.41 Å². The molecule has 17 heavy (non-hydrogen) atoms. The van der Waals surface area contributed by atoms with Gasteiger partial charge in [-0.05, 0) is 12.8 Å². The van der Waals surface area contributed by atoms with Gasteiger partial charge in [0.25, 0.3) is 5.92 Å². The summed E-state index contributed by atoms with van der Waals surface area (Å²) in [7, 11) is 0. The zero-order chi connectivity index (χ0) is 13.5. The van der Waals surface area contributed by atoms with Crippen LogP contribution in [-0.4, -0.2) is 23.7 Å². The zero-order valence-electron chi connectivity index (χ0n) is 10.4. The van der Waals surface area contributed by atoms with Crippen molar-refractivity contribution in [2.24, 2.45) is 16.9 Å². The van der Waals surface area contributed by atoms with Gasteiger partial charge in [-0.1, -0.05) is 20.8 Å². The summed E-state index contributed by atoms with van der Waals surface area (Å²) in [6.07, 6.45) is -0.789. The van der Waals surface area contributed by atoms with Crippen LogP contribution >= 0.6 is 0 Å². The van der Waals surface area contributed by atoms with Gasteiger partial charge in [0, 0.05) is 11.8 Å². The van der Waals surface area contributed by atoms with Gasteiger partial charge in [-0.2, -0.15) is 0 Å². The first-order chi connectivity index (χ1) is 7.53. The lowest BCUT2D eigenvalue weighted by molar-refractivity contribution is -0.183. The molecule has 0 unspecified atom stereocenters. The number of hydrogen-bond acceptors (Lipinski definition) is 3. The molecule has 0 aliphatic heterocycles. The minimum atomic E-state index is -3.04. The summed E-state index contributed by atoms with van der Waals surface area (Å²) in [5, 5.41) is 0. The maximum absolute atomic E-state index is 13.7. The van der Waals surface area contributed by atoms with Crippen LogP contribution in [0.2, 0.25) is 0 Å². The second-order valence-electron chi connectivity index (χ2n) is 5.65. The van der Waals surface area contributed by atoms with Gasteiger partial charge < -0.3 is 16.2 Å². The third kappa shape index (κ3) is 2.36. The molecule has 0 aromatic carbocycles. The van der Waals surface area contributed by atoms with E-state index in [0.29, 0.717) is 6.42 Å². The summed E-state index contributed by atoms with van der Waals surface area (Å²) >= 11 is 0. The largest absolute Gasteiger partial charge is 0.441 e. The van der Waals surface area contributed by atoms with Crippen molar-refractivity contribution in [3.05, 3.63) is 0 Å². The SMILES string of the molecule is CC(C)(C)[C@]1(OC(N)=O)CCCC(F)(F)[C@@H]1N. The van der Waals surface area contributed by atoms with E-state index >= 15 is 0 Å². The molecule has 1 saturated carbocycles. The van der Waals surface area contributed by atoms with Gasteiger partial charge >= 0.3 is 6.09 Å². The third-order valence-electron chi connectivity index (χ3n) is 3.57. The van der Waals surface area contributed by atoms with Gasteiger partial charge in [-0.3, -0.25) is 0 Å². The van der Waals surface area contributed by atoms with Crippen molar-refractivity contribution < 1.29 is 18.3 Å². The summed E-state index contributed by atoms with van der Waals surface area (Å²) in [6.45, 7) is 5.16. The van der Waals surface area contributed by atoms with Gasteiger partial charge in [0.15, 0.2) is 0 Å². The predicted octanol–water partition coefficient (Wildman–Crippen LogP) is 2.01. The van der Waals surface area contributed by atoms with Gasteiger partial charge in [-0.25, -0.2) is 13.6 Å². The predicted molar refractivity (Wildman–Crippen MR) is 59.6 cm³/mol. The zero-order valence-corrected chi connectivity index (χ0v) is 10.4. The number of carbonyl (C=O) groups excluding carboxylic acids is 1. The molecular weight excluding hydrogens is 230 g/mol.